The van der Waals surface area contributed by atoms with E-state index in [4.69, 9.17) is 5.73 Å². The Morgan fingerprint density at radius 3 is 2.21 bits per heavy atom. The fourth-order valence-corrected chi connectivity index (χ4v) is 1.69. The van der Waals surface area contributed by atoms with Crippen molar-refractivity contribution in [3.63, 3.8) is 0 Å². The third kappa shape index (κ3) is 4.25. The van der Waals surface area contributed by atoms with Crippen LogP contribution >= 0.6 is 0 Å². The SMILES string of the molecule is C=C/C=C(N=C(C)C)/C(C)=C(/N)c1ccc(C)cc1. The lowest BCUT2D eigenvalue weighted by atomic mass is 10.0. The van der Waals surface area contributed by atoms with Crippen LogP contribution in [0.15, 0.2) is 59.3 Å². The van der Waals surface area contributed by atoms with Crippen molar-refractivity contribution < 1.29 is 0 Å². The summed E-state index contributed by atoms with van der Waals surface area (Å²) in [7, 11) is 0. The molecule has 0 radical (unpaired) electrons. The van der Waals surface area contributed by atoms with Gasteiger partial charge in [0.2, 0.25) is 0 Å². The molecule has 100 valence electrons. The molecule has 1 aromatic rings. The van der Waals surface area contributed by atoms with E-state index in [-0.39, 0.29) is 0 Å². The Balaban J connectivity index is 3.26. The number of hydrogen-bond acceptors (Lipinski definition) is 2. The molecular formula is C17H22N2. The van der Waals surface area contributed by atoms with E-state index >= 15 is 0 Å². The van der Waals surface area contributed by atoms with Crippen LogP contribution < -0.4 is 5.73 Å². The molecule has 0 aliphatic heterocycles. The van der Waals surface area contributed by atoms with Gasteiger partial charge in [0.15, 0.2) is 0 Å². The van der Waals surface area contributed by atoms with Crippen LogP contribution in [-0.2, 0) is 0 Å². The van der Waals surface area contributed by atoms with E-state index in [2.05, 4.69) is 30.6 Å². The predicted molar refractivity (Wildman–Crippen MR) is 85.0 cm³/mol. The average Bonchev–Trinajstić information content (AvgIpc) is 2.37. The Morgan fingerprint density at radius 2 is 1.74 bits per heavy atom. The minimum absolute atomic E-state index is 0.748. The summed E-state index contributed by atoms with van der Waals surface area (Å²) in [5, 5.41) is 0. The minimum Gasteiger partial charge on any atom is -0.398 e. The zero-order valence-electron chi connectivity index (χ0n) is 12.2. The van der Waals surface area contributed by atoms with Crippen molar-refractivity contribution in [1.29, 1.82) is 0 Å². The Bertz CT molecular complexity index is 539. The molecule has 1 rings (SSSR count). The van der Waals surface area contributed by atoms with Crippen molar-refractivity contribution >= 4 is 11.4 Å². The zero-order valence-corrected chi connectivity index (χ0v) is 12.2. The maximum absolute atomic E-state index is 6.23. The first-order chi connectivity index (χ1) is 8.95. The number of nitrogens with zero attached hydrogens (tertiary/aromatic N) is 1. The van der Waals surface area contributed by atoms with Crippen molar-refractivity contribution in [3.8, 4) is 0 Å². The van der Waals surface area contributed by atoms with Gasteiger partial charge < -0.3 is 5.73 Å². The Labute approximate surface area is 116 Å². The van der Waals surface area contributed by atoms with Gasteiger partial charge in [-0.25, -0.2) is 0 Å². The predicted octanol–water partition coefficient (Wildman–Crippen LogP) is 4.24. The third-order valence-corrected chi connectivity index (χ3v) is 2.77. The zero-order chi connectivity index (χ0) is 14.4. The summed E-state index contributed by atoms with van der Waals surface area (Å²) < 4.78 is 0. The standard InChI is InChI=1S/C17H22N2/c1-6-7-16(19-12(2)3)14(5)17(18)15-10-8-13(4)9-11-15/h6-11H,1,18H2,2-5H3/b16-7-,17-14+. The molecule has 0 saturated heterocycles. The number of benzene rings is 1. The van der Waals surface area contributed by atoms with Gasteiger partial charge in [-0.15, -0.1) is 0 Å². The van der Waals surface area contributed by atoms with Gasteiger partial charge in [-0.3, -0.25) is 4.99 Å². The Morgan fingerprint density at radius 1 is 1.16 bits per heavy atom. The molecule has 2 N–H and O–H groups in total. The highest BCUT2D eigenvalue weighted by molar-refractivity contribution is 5.81. The maximum Gasteiger partial charge on any atom is 0.0678 e. The first-order valence-corrected chi connectivity index (χ1v) is 6.34. The molecule has 2 heteroatoms. The van der Waals surface area contributed by atoms with Gasteiger partial charge in [0.1, 0.15) is 0 Å². The molecule has 0 aromatic heterocycles. The molecule has 0 fully saturated rings. The molecule has 0 heterocycles. The van der Waals surface area contributed by atoms with Gasteiger partial charge in [-0.1, -0.05) is 42.5 Å². The molecule has 0 bridgehead atoms. The number of allylic oxidation sites excluding steroid dienone is 3. The molecule has 1 aromatic carbocycles. The topological polar surface area (TPSA) is 38.4 Å². The van der Waals surface area contributed by atoms with Crippen molar-refractivity contribution in [2.45, 2.75) is 27.7 Å². The molecule has 0 atom stereocenters. The van der Waals surface area contributed by atoms with Crippen LogP contribution in [0.4, 0.5) is 0 Å². The van der Waals surface area contributed by atoms with E-state index in [1.165, 1.54) is 5.56 Å². The summed E-state index contributed by atoms with van der Waals surface area (Å²) in [6.07, 6.45) is 3.61. The first kappa shape index (κ1) is 15.0. The van der Waals surface area contributed by atoms with Crippen molar-refractivity contribution in [2.24, 2.45) is 10.7 Å². The second kappa shape index (κ2) is 6.74. The van der Waals surface area contributed by atoms with Gasteiger partial charge in [0, 0.05) is 11.4 Å². The van der Waals surface area contributed by atoms with E-state index in [0.717, 1.165) is 28.2 Å². The van der Waals surface area contributed by atoms with Crippen molar-refractivity contribution in [2.75, 3.05) is 0 Å². The minimum atomic E-state index is 0.748. The molecule has 2 nitrogen and oxygen atoms in total. The monoisotopic (exact) mass is 254 g/mol. The van der Waals surface area contributed by atoms with Crippen LogP contribution in [0.1, 0.15) is 31.9 Å². The number of hydrogen-bond donors (Lipinski definition) is 1. The van der Waals surface area contributed by atoms with Crippen LogP contribution in [-0.4, -0.2) is 5.71 Å². The highest BCUT2D eigenvalue weighted by Gasteiger charge is 2.05. The second-order valence-electron chi connectivity index (χ2n) is 4.75. The second-order valence-corrected chi connectivity index (χ2v) is 4.75. The lowest BCUT2D eigenvalue weighted by Gasteiger charge is -2.09. The molecule has 19 heavy (non-hydrogen) atoms. The van der Waals surface area contributed by atoms with Crippen LogP contribution in [0.25, 0.3) is 5.70 Å². The van der Waals surface area contributed by atoms with Gasteiger partial charge in [-0.2, -0.15) is 0 Å². The van der Waals surface area contributed by atoms with Gasteiger partial charge in [-0.05, 0) is 44.9 Å². The number of nitrogens with two attached hydrogens (primary N) is 1. The summed E-state index contributed by atoms with van der Waals surface area (Å²) in [5.74, 6) is 0. The summed E-state index contributed by atoms with van der Waals surface area (Å²) >= 11 is 0. The summed E-state index contributed by atoms with van der Waals surface area (Å²) in [6, 6.07) is 8.17. The van der Waals surface area contributed by atoms with Gasteiger partial charge >= 0.3 is 0 Å². The highest BCUT2D eigenvalue weighted by Crippen LogP contribution is 2.21. The smallest absolute Gasteiger partial charge is 0.0678 e. The third-order valence-electron chi connectivity index (χ3n) is 2.77. The fraction of sp³-hybridized carbons (Fsp3) is 0.235. The molecule has 0 aliphatic carbocycles. The van der Waals surface area contributed by atoms with Crippen LogP contribution in [0, 0.1) is 6.92 Å². The van der Waals surface area contributed by atoms with E-state index in [0.29, 0.717) is 0 Å². The average molecular weight is 254 g/mol. The molecule has 0 aliphatic rings. The van der Waals surface area contributed by atoms with Crippen molar-refractivity contribution in [1.82, 2.24) is 0 Å². The van der Waals surface area contributed by atoms with Crippen LogP contribution in [0.5, 0.6) is 0 Å². The quantitative estimate of drug-likeness (QED) is 0.633. The van der Waals surface area contributed by atoms with Crippen LogP contribution in [0.2, 0.25) is 0 Å². The lowest BCUT2D eigenvalue weighted by Crippen LogP contribution is -2.02. The van der Waals surface area contributed by atoms with Crippen LogP contribution in [0.3, 0.4) is 0 Å². The summed E-state index contributed by atoms with van der Waals surface area (Å²) in [6.45, 7) is 11.7. The number of aryl methyl sites for hydroxylation is 1. The normalized spacial score (nSPS) is 12.7. The molecule has 0 spiro atoms. The first-order valence-electron chi connectivity index (χ1n) is 6.34. The summed E-state index contributed by atoms with van der Waals surface area (Å²) in [4.78, 5) is 4.50. The number of aliphatic imine (C=N–C) groups is 1. The molecule has 0 saturated carbocycles. The Kier molecular flexibility index (Phi) is 5.31. The highest BCUT2D eigenvalue weighted by atomic mass is 14.8. The number of rotatable bonds is 4. The summed E-state index contributed by atoms with van der Waals surface area (Å²) in [5.41, 5.74) is 12.0. The maximum atomic E-state index is 6.23. The lowest BCUT2D eigenvalue weighted by molar-refractivity contribution is 1.25. The van der Waals surface area contributed by atoms with E-state index < -0.39 is 0 Å². The molecular weight excluding hydrogens is 232 g/mol. The molecule has 0 amide bonds. The molecule has 0 unspecified atom stereocenters. The Hall–Kier alpha value is -2.09. The largest absolute Gasteiger partial charge is 0.398 e. The van der Waals surface area contributed by atoms with E-state index in [1.807, 2.05) is 39.0 Å². The fourth-order valence-electron chi connectivity index (χ4n) is 1.69. The van der Waals surface area contributed by atoms with E-state index in [9.17, 15) is 0 Å². The van der Waals surface area contributed by atoms with Gasteiger partial charge in [0.25, 0.3) is 0 Å². The van der Waals surface area contributed by atoms with Crippen molar-refractivity contribution in [3.05, 3.63) is 65.4 Å². The van der Waals surface area contributed by atoms with E-state index in [1.54, 1.807) is 6.08 Å². The van der Waals surface area contributed by atoms with Gasteiger partial charge in [0.05, 0.1) is 5.70 Å².